The summed E-state index contributed by atoms with van der Waals surface area (Å²) in [7, 11) is 1.59. The van der Waals surface area contributed by atoms with Crippen LogP contribution in [0.4, 0.5) is 5.69 Å². The minimum Gasteiger partial charge on any atom is -0.493 e. The highest BCUT2D eigenvalue weighted by atomic mass is 35.5. The minimum absolute atomic E-state index is 0.248. The summed E-state index contributed by atoms with van der Waals surface area (Å²) >= 11 is 12.4. The van der Waals surface area contributed by atoms with Gasteiger partial charge in [0, 0.05) is 15.6 Å². The summed E-state index contributed by atoms with van der Waals surface area (Å²) in [5.74, 6) is 1.20. The van der Waals surface area contributed by atoms with E-state index in [0.717, 1.165) is 16.8 Å². The first-order chi connectivity index (χ1) is 13.2. The Hall–Kier alpha value is -2.69. The molecule has 4 nitrogen and oxygen atoms in total. The van der Waals surface area contributed by atoms with Crippen LogP contribution in [0.2, 0.25) is 10.0 Å². The second-order valence-corrected chi connectivity index (χ2v) is 6.45. The van der Waals surface area contributed by atoms with Crippen LogP contribution in [-0.2, 0) is 6.61 Å². The van der Waals surface area contributed by atoms with Crippen molar-refractivity contribution in [3.05, 3.63) is 87.9 Å². The Labute approximate surface area is 168 Å². The van der Waals surface area contributed by atoms with E-state index < -0.39 is 0 Å². The Morgan fingerprint density at radius 3 is 2.37 bits per heavy atom. The van der Waals surface area contributed by atoms with E-state index in [9.17, 15) is 0 Å². The third kappa shape index (κ3) is 5.16. The SMILES string of the molecule is COc1cc(/C=N\Nc2ccccc2)ccc1OCc1c(Cl)cccc1Cl. The summed E-state index contributed by atoms with van der Waals surface area (Å²) in [4.78, 5) is 0. The molecule has 0 aliphatic rings. The first kappa shape index (κ1) is 19.1. The molecule has 0 spiro atoms. The molecule has 0 heterocycles. The fourth-order valence-corrected chi connectivity index (χ4v) is 2.90. The van der Waals surface area contributed by atoms with Gasteiger partial charge < -0.3 is 9.47 Å². The molecule has 0 bridgehead atoms. The summed E-state index contributed by atoms with van der Waals surface area (Å²) in [6.07, 6.45) is 1.71. The molecule has 27 heavy (non-hydrogen) atoms. The fraction of sp³-hybridized carbons (Fsp3) is 0.0952. The third-order valence-corrected chi connectivity index (χ3v) is 4.51. The molecule has 0 amide bonds. The lowest BCUT2D eigenvalue weighted by molar-refractivity contribution is 0.284. The van der Waals surface area contributed by atoms with Crippen LogP contribution >= 0.6 is 23.2 Å². The molecule has 3 aromatic carbocycles. The molecule has 0 atom stereocenters. The van der Waals surface area contributed by atoms with Crippen molar-refractivity contribution >= 4 is 35.1 Å². The minimum atomic E-state index is 0.248. The molecule has 3 rings (SSSR count). The van der Waals surface area contributed by atoms with Crippen molar-refractivity contribution < 1.29 is 9.47 Å². The van der Waals surface area contributed by atoms with Gasteiger partial charge in [0.05, 0.1) is 19.0 Å². The standard InChI is InChI=1S/C21H18Cl2N2O2/c1-26-21-12-15(13-24-25-16-6-3-2-4-7-16)10-11-20(21)27-14-17-18(22)8-5-9-19(17)23/h2-13,25H,14H2,1H3/b24-13-. The zero-order valence-corrected chi connectivity index (χ0v) is 16.2. The van der Waals surface area contributed by atoms with Gasteiger partial charge in [-0.15, -0.1) is 0 Å². The predicted molar refractivity (Wildman–Crippen MR) is 111 cm³/mol. The molecule has 0 aliphatic heterocycles. The number of anilines is 1. The molecular weight excluding hydrogens is 383 g/mol. The van der Waals surface area contributed by atoms with E-state index >= 15 is 0 Å². The van der Waals surface area contributed by atoms with Gasteiger partial charge in [-0.25, -0.2) is 0 Å². The van der Waals surface area contributed by atoms with Gasteiger partial charge in [0.25, 0.3) is 0 Å². The summed E-state index contributed by atoms with van der Waals surface area (Å²) in [6, 6.07) is 20.6. The number of methoxy groups -OCH3 is 1. The maximum atomic E-state index is 6.18. The van der Waals surface area contributed by atoms with Crippen molar-refractivity contribution in [1.82, 2.24) is 0 Å². The normalized spacial score (nSPS) is 10.8. The van der Waals surface area contributed by atoms with E-state index in [1.165, 1.54) is 0 Å². The fourth-order valence-electron chi connectivity index (χ4n) is 2.40. The van der Waals surface area contributed by atoms with Gasteiger partial charge >= 0.3 is 0 Å². The zero-order chi connectivity index (χ0) is 19.1. The first-order valence-electron chi connectivity index (χ1n) is 8.25. The van der Waals surface area contributed by atoms with E-state index in [0.29, 0.717) is 21.5 Å². The quantitative estimate of drug-likeness (QED) is 0.389. The molecule has 0 aromatic heterocycles. The number of hydrazone groups is 1. The molecule has 1 N–H and O–H groups in total. The molecule has 0 radical (unpaired) electrons. The lowest BCUT2D eigenvalue weighted by Gasteiger charge is -2.13. The molecule has 0 aliphatic carbocycles. The topological polar surface area (TPSA) is 42.8 Å². The number of rotatable bonds is 7. The summed E-state index contributed by atoms with van der Waals surface area (Å²) in [6.45, 7) is 0.248. The summed E-state index contributed by atoms with van der Waals surface area (Å²) in [5, 5.41) is 5.36. The van der Waals surface area contributed by atoms with Gasteiger partial charge in [0.15, 0.2) is 11.5 Å². The van der Waals surface area contributed by atoms with E-state index in [-0.39, 0.29) is 6.61 Å². The van der Waals surface area contributed by atoms with E-state index in [2.05, 4.69) is 10.5 Å². The molecule has 138 valence electrons. The van der Waals surface area contributed by atoms with E-state index in [4.69, 9.17) is 32.7 Å². The predicted octanol–water partition coefficient (Wildman–Crippen LogP) is 6.03. The van der Waals surface area contributed by atoms with Crippen molar-refractivity contribution in [2.75, 3.05) is 12.5 Å². The van der Waals surface area contributed by atoms with Crippen LogP contribution in [0, 0.1) is 0 Å². The second-order valence-electron chi connectivity index (χ2n) is 5.64. The van der Waals surface area contributed by atoms with Crippen LogP contribution in [0.5, 0.6) is 11.5 Å². The Balaban J connectivity index is 1.69. The molecule has 3 aromatic rings. The Morgan fingerprint density at radius 2 is 1.67 bits per heavy atom. The lowest BCUT2D eigenvalue weighted by Crippen LogP contribution is -2.00. The second kappa shape index (κ2) is 9.31. The maximum Gasteiger partial charge on any atom is 0.161 e. The number of halogens is 2. The van der Waals surface area contributed by atoms with Crippen molar-refractivity contribution in [3.63, 3.8) is 0 Å². The maximum absolute atomic E-state index is 6.18. The van der Waals surface area contributed by atoms with Crippen molar-refractivity contribution in [1.29, 1.82) is 0 Å². The highest BCUT2D eigenvalue weighted by molar-refractivity contribution is 6.35. The number of nitrogens with one attached hydrogen (secondary N) is 1. The average Bonchev–Trinajstić information content (AvgIpc) is 2.69. The van der Waals surface area contributed by atoms with Crippen LogP contribution < -0.4 is 14.9 Å². The van der Waals surface area contributed by atoms with Crippen molar-refractivity contribution in [2.45, 2.75) is 6.61 Å². The van der Waals surface area contributed by atoms with Gasteiger partial charge in [-0.3, -0.25) is 5.43 Å². The number of ether oxygens (including phenoxy) is 2. The van der Waals surface area contributed by atoms with Crippen molar-refractivity contribution in [3.8, 4) is 11.5 Å². The summed E-state index contributed by atoms with van der Waals surface area (Å²) in [5.41, 5.74) is 5.50. The van der Waals surface area contributed by atoms with E-state index in [1.54, 1.807) is 31.5 Å². The number of nitrogens with zero attached hydrogens (tertiary/aromatic N) is 1. The van der Waals surface area contributed by atoms with Gasteiger partial charge in [0.1, 0.15) is 6.61 Å². The van der Waals surface area contributed by atoms with Crippen LogP contribution in [0.15, 0.2) is 71.8 Å². The molecule has 0 fully saturated rings. The largest absolute Gasteiger partial charge is 0.493 e. The number of para-hydroxylation sites is 1. The van der Waals surface area contributed by atoms with Gasteiger partial charge in [-0.2, -0.15) is 5.10 Å². The molecule has 0 unspecified atom stereocenters. The number of benzene rings is 3. The van der Waals surface area contributed by atoms with Gasteiger partial charge in [-0.1, -0.05) is 47.5 Å². The number of hydrogen-bond donors (Lipinski definition) is 1. The van der Waals surface area contributed by atoms with Crippen LogP contribution in [0.25, 0.3) is 0 Å². The first-order valence-corrected chi connectivity index (χ1v) is 9.01. The molecule has 6 heteroatoms. The smallest absolute Gasteiger partial charge is 0.161 e. The zero-order valence-electron chi connectivity index (χ0n) is 14.7. The van der Waals surface area contributed by atoms with Crippen molar-refractivity contribution in [2.24, 2.45) is 5.10 Å². The summed E-state index contributed by atoms with van der Waals surface area (Å²) < 4.78 is 11.3. The van der Waals surface area contributed by atoms with Crippen LogP contribution in [-0.4, -0.2) is 13.3 Å². The van der Waals surface area contributed by atoms with Crippen LogP contribution in [0.1, 0.15) is 11.1 Å². The Morgan fingerprint density at radius 1 is 0.926 bits per heavy atom. The van der Waals surface area contributed by atoms with Gasteiger partial charge in [-0.05, 0) is 48.0 Å². The molecule has 0 saturated carbocycles. The molecular formula is C21H18Cl2N2O2. The Bertz CT molecular complexity index is 910. The lowest BCUT2D eigenvalue weighted by atomic mass is 10.2. The highest BCUT2D eigenvalue weighted by Crippen LogP contribution is 2.31. The third-order valence-electron chi connectivity index (χ3n) is 3.80. The monoisotopic (exact) mass is 400 g/mol. The Kier molecular flexibility index (Phi) is 6.58. The highest BCUT2D eigenvalue weighted by Gasteiger charge is 2.09. The van der Waals surface area contributed by atoms with Crippen LogP contribution in [0.3, 0.4) is 0 Å². The molecule has 0 saturated heterocycles. The number of hydrogen-bond acceptors (Lipinski definition) is 4. The average molecular weight is 401 g/mol. The van der Waals surface area contributed by atoms with Gasteiger partial charge in [0.2, 0.25) is 0 Å². The van der Waals surface area contributed by atoms with E-state index in [1.807, 2.05) is 48.5 Å².